The first kappa shape index (κ1) is 13.7. The molecule has 1 aliphatic carbocycles. The molecule has 0 aromatic heterocycles. The maximum Gasteiger partial charge on any atom is 0.337 e. The molecule has 19 heavy (non-hydrogen) atoms. The summed E-state index contributed by atoms with van der Waals surface area (Å²) >= 11 is 0. The lowest BCUT2D eigenvalue weighted by Crippen LogP contribution is -2.17. The highest BCUT2D eigenvalue weighted by Gasteiger charge is 2.41. The molecule has 0 unspecified atom stereocenters. The number of hydrogen-bond donors (Lipinski definition) is 4. The number of aliphatic hydroxyl groups excluding tert-OH is 1. The lowest BCUT2D eigenvalue weighted by molar-refractivity contribution is 0.0698. The minimum Gasteiger partial charge on any atom is -0.478 e. The van der Waals surface area contributed by atoms with Gasteiger partial charge in [0.15, 0.2) is 0 Å². The number of carboxylic acid groups (broad SMARTS) is 1. The van der Waals surface area contributed by atoms with E-state index in [1.54, 1.807) is 13.0 Å². The summed E-state index contributed by atoms with van der Waals surface area (Å²) in [4.78, 5) is 11.1. The Kier molecular flexibility index (Phi) is 3.66. The molecular formula is C14H20N2O3. The quantitative estimate of drug-likeness (QED) is 0.588. The molecule has 104 valence electrons. The van der Waals surface area contributed by atoms with Crippen molar-refractivity contribution in [3.8, 4) is 0 Å². The highest BCUT2D eigenvalue weighted by molar-refractivity contribution is 5.95. The van der Waals surface area contributed by atoms with E-state index in [0.717, 1.165) is 37.1 Å². The zero-order valence-electron chi connectivity index (χ0n) is 11.1. The number of nitrogens with two attached hydrogens (primary N) is 1. The van der Waals surface area contributed by atoms with Crippen molar-refractivity contribution in [2.24, 2.45) is 5.41 Å². The standard InChI is InChI=1S/C14H20N2O3/c1-9-6-10(7-11(12(9)15)13(18)19)16-8-14(2-3-14)4-5-17/h6-7,16-17H,2-5,8,15H2,1H3,(H,18,19). The maximum atomic E-state index is 11.1. The number of carboxylic acids is 1. The largest absolute Gasteiger partial charge is 0.478 e. The van der Waals surface area contributed by atoms with E-state index in [1.165, 1.54) is 0 Å². The van der Waals surface area contributed by atoms with Crippen LogP contribution in [0.15, 0.2) is 12.1 Å². The summed E-state index contributed by atoms with van der Waals surface area (Å²) in [5.41, 5.74) is 7.92. The molecule has 0 aliphatic heterocycles. The fraction of sp³-hybridized carbons (Fsp3) is 0.500. The number of aromatic carboxylic acids is 1. The van der Waals surface area contributed by atoms with Crippen LogP contribution in [0.4, 0.5) is 11.4 Å². The third-order valence-electron chi connectivity index (χ3n) is 3.88. The van der Waals surface area contributed by atoms with Crippen molar-refractivity contribution >= 4 is 17.3 Å². The third kappa shape index (κ3) is 2.98. The number of nitrogens with one attached hydrogen (secondary N) is 1. The minimum atomic E-state index is -1.01. The minimum absolute atomic E-state index is 0.134. The molecule has 1 aliphatic rings. The smallest absolute Gasteiger partial charge is 0.337 e. The predicted octanol–water partition coefficient (Wildman–Crippen LogP) is 1.85. The second kappa shape index (κ2) is 5.09. The molecule has 0 bridgehead atoms. The highest BCUT2D eigenvalue weighted by Crippen LogP contribution is 2.48. The summed E-state index contributed by atoms with van der Waals surface area (Å²) in [7, 11) is 0. The van der Waals surface area contributed by atoms with Crippen LogP contribution in [0.3, 0.4) is 0 Å². The third-order valence-corrected chi connectivity index (χ3v) is 3.88. The second-order valence-electron chi connectivity index (χ2n) is 5.39. The Morgan fingerprint density at radius 2 is 2.16 bits per heavy atom. The summed E-state index contributed by atoms with van der Waals surface area (Å²) in [6.07, 6.45) is 3.01. The normalized spacial score (nSPS) is 16.1. The number of hydrogen-bond acceptors (Lipinski definition) is 4. The zero-order chi connectivity index (χ0) is 14.0. The molecule has 0 saturated heterocycles. The Hall–Kier alpha value is -1.75. The van der Waals surface area contributed by atoms with Gasteiger partial charge in [0.2, 0.25) is 0 Å². The van der Waals surface area contributed by atoms with Crippen LogP contribution in [0.2, 0.25) is 0 Å². The van der Waals surface area contributed by atoms with Crippen molar-refractivity contribution in [1.29, 1.82) is 0 Å². The first-order chi connectivity index (χ1) is 8.97. The number of carbonyl (C=O) groups is 1. The Balaban J connectivity index is 2.11. The van der Waals surface area contributed by atoms with Crippen LogP contribution in [0, 0.1) is 12.3 Å². The molecule has 5 nitrogen and oxygen atoms in total. The van der Waals surface area contributed by atoms with Gasteiger partial charge in [-0.1, -0.05) is 0 Å². The maximum absolute atomic E-state index is 11.1. The molecule has 1 aromatic rings. The Bertz CT molecular complexity index is 496. The molecule has 0 atom stereocenters. The van der Waals surface area contributed by atoms with Gasteiger partial charge in [0, 0.05) is 24.5 Å². The fourth-order valence-corrected chi connectivity index (χ4v) is 2.30. The van der Waals surface area contributed by atoms with Crippen LogP contribution in [-0.2, 0) is 0 Å². The molecule has 0 amide bonds. The molecule has 0 spiro atoms. The highest BCUT2D eigenvalue weighted by atomic mass is 16.4. The van der Waals surface area contributed by atoms with Gasteiger partial charge >= 0.3 is 5.97 Å². The lowest BCUT2D eigenvalue weighted by Gasteiger charge is -2.17. The number of anilines is 2. The average Bonchev–Trinajstić information content (AvgIpc) is 3.11. The van der Waals surface area contributed by atoms with Crippen LogP contribution in [0.5, 0.6) is 0 Å². The molecule has 0 radical (unpaired) electrons. The van der Waals surface area contributed by atoms with Crippen LogP contribution in [-0.4, -0.2) is 29.3 Å². The van der Waals surface area contributed by atoms with Crippen molar-refractivity contribution in [2.45, 2.75) is 26.2 Å². The van der Waals surface area contributed by atoms with Crippen molar-refractivity contribution in [2.75, 3.05) is 24.2 Å². The van der Waals surface area contributed by atoms with E-state index in [-0.39, 0.29) is 17.6 Å². The first-order valence-corrected chi connectivity index (χ1v) is 6.46. The lowest BCUT2D eigenvalue weighted by atomic mass is 10.0. The molecule has 2 rings (SSSR count). The molecule has 0 heterocycles. The Morgan fingerprint density at radius 1 is 1.47 bits per heavy atom. The van der Waals surface area contributed by atoms with Gasteiger partial charge in [-0.3, -0.25) is 0 Å². The summed E-state index contributed by atoms with van der Waals surface area (Å²) in [5, 5.41) is 21.4. The number of aryl methyl sites for hydroxylation is 1. The Labute approximate surface area is 112 Å². The zero-order valence-corrected chi connectivity index (χ0v) is 11.1. The summed E-state index contributed by atoms with van der Waals surface area (Å²) in [5.74, 6) is -1.01. The van der Waals surface area contributed by atoms with Gasteiger partial charge in [-0.15, -0.1) is 0 Å². The van der Waals surface area contributed by atoms with Crippen molar-refractivity contribution in [1.82, 2.24) is 0 Å². The number of nitrogen functional groups attached to an aromatic ring is 1. The van der Waals surface area contributed by atoms with E-state index in [2.05, 4.69) is 5.32 Å². The fourth-order valence-electron chi connectivity index (χ4n) is 2.30. The van der Waals surface area contributed by atoms with Gasteiger partial charge in [0.25, 0.3) is 0 Å². The van der Waals surface area contributed by atoms with Crippen LogP contribution in [0.1, 0.15) is 35.2 Å². The van der Waals surface area contributed by atoms with Gasteiger partial charge in [-0.2, -0.15) is 0 Å². The summed E-state index contributed by atoms with van der Waals surface area (Å²) < 4.78 is 0. The van der Waals surface area contributed by atoms with E-state index in [9.17, 15) is 4.79 Å². The number of rotatable bonds is 6. The first-order valence-electron chi connectivity index (χ1n) is 6.46. The van der Waals surface area contributed by atoms with Gasteiger partial charge in [0.05, 0.1) is 5.56 Å². The number of aliphatic hydroxyl groups is 1. The molecule has 1 saturated carbocycles. The van der Waals surface area contributed by atoms with E-state index in [1.807, 2.05) is 6.07 Å². The predicted molar refractivity (Wildman–Crippen MR) is 74.4 cm³/mol. The van der Waals surface area contributed by atoms with Gasteiger partial charge in [-0.05, 0) is 49.3 Å². The van der Waals surface area contributed by atoms with Crippen LogP contribution < -0.4 is 11.1 Å². The van der Waals surface area contributed by atoms with E-state index < -0.39 is 5.97 Å². The molecule has 5 N–H and O–H groups in total. The van der Waals surface area contributed by atoms with E-state index in [0.29, 0.717) is 5.69 Å². The number of benzene rings is 1. The SMILES string of the molecule is Cc1cc(NCC2(CCO)CC2)cc(C(=O)O)c1N. The van der Waals surface area contributed by atoms with Crippen LogP contribution in [0.25, 0.3) is 0 Å². The van der Waals surface area contributed by atoms with Crippen molar-refractivity contribution in [3.63, 3.8) is 0 Å². The van der Waals surface area contributed by atoms with Gasteiger partial charge in [0.1, 0.15) is 0 Å². The van der Waals surface area contributed by atoms with Crippen LogP contribution >= 0.6 is 0 Å². The molecular weight excluding hydrogens is 244 g/mol. The summed E-state index contributed by atoms with van der Waals surface area (Å²) in [6, 6.07) is 3.43. The average molecular weight is 264 g/mol. The second-order valence-corrected chi connectivity index (χ2v) is 5.39. The Morgan fingerprint density at radius 3 is 2.68 bits per heavy atom. The van der Waals surface area contributed by atoms with Crippen molar-refractivity contribution in [3.05, 3.63) is 23.3 Å². The monoisotopic (exact) mass is 264 g/mol. The van der Waals surface area contributed by atoms with E-state index in [4.69, 9.17) is 15.9 Å². The topological polar surface area (TPSA) is 95.6 Å². The summed E-state index contributed by atoms with van der Waals surface area (Å²) in [6.45, 7) is 2.76. The molecule has 1 fully saturated rings. The van der Waals surface area contributed by atoms with Crippen molar-refractivity contribution < 1.29 is 15.0 Å². The molecule has 1 aromatic carbocycles. The van der Waals surface area contributed by atoms with Gasteiger partial charge < -0.3 is 21.3 Å². The molecule has 5 heteroatoms. The van der Waals surface area contributed by atoms with E-state index >= 15 is 0 Å². The van der Waals surface area contributed by atoms with Gasteiger partial charge in [-0.25, -0.2) is 4.79 Å².